The van der Waals surface area contributed by atoms with Crippen LogP contribution in [0.4, 0.5) is 0 Å². The molecule has 0 heterocycles. The molecule has 31 heavy (non-hydrogen) atoms. The molecule has 1 aromatic rings. The van der Waals surface area contributed by atoms with Gasteiger partial charge in [0.2, 0.25) is 0 Å². The van der Waals surface area contributed by atoms with E-state index in [-0.39, 0.29) is 12.1 Å². The molecule has 3 fully saturated rings. The van der Waals surface area contributed by atoms with Crippen LogP contribution in [0.5, 0.6) is 0 Å². The molecule has 0 N–H and O–H groups in total. The fraction of sp³-hybridized carbons (Fsp3) is 0.621. The van der Waals surface area contributed by atoms with Gasteiger partial charge in [-0.3, -0.25) is 0 Å². The summed E-state index contributed by atoms with van der Waals surface area (Å²) in [5, 5.41) is 0. The standard InChI is InChI=1S/C29H38O2/c1-5-24-19(2)17-26-23-12-11-21-18-22(31-27(30)20-9-7-6-8-10-20)13-15-28(21,3)25(23)14-16-29(24,26)4/h5-10,14,19,21-23,26H,11-13,15-18H2,1-4H3/b24-5-/t19?,21-,22-,23-,26+,28+,29-/m1/s1. The fourth-order valence-corrected chi connectivity index (χ4v) is 8.20. The number of ether oxygens (including phenoxy) is 1. The predicted molar refractivity (Wildman–Crippen MR) is 126 cm³/mol. The van der Waals surface area contributed by atoms with Gasteiger partial charge < -0.3 is 4.74 Å². The van der Waals surface area contributed by atoms with E-state index in [0.29, 0.717) is 22.3 Å². The summed E-state index contributed by atoms with van der Waals surface area (Å²) in [5.74, 6) is 2.77. The van der Waals surface area contributed by atoms with E-state index in [9.17, 15) is 4.79 Å². The van der Waals surface area contributed by atoms with Gasteiger partial charge in [-0.15, -0.1) is 0 Å². The van der Waals surface area contributed by atoms with Crippen molar-refractivity contribution in [3.05, 3.63) is 59.2 Å². The quantitative estimate of drug-likeness (QED) is 0.370. The second-order valence-corrected chi connectivity index (χ2v) is 11.2. The van der Waals surface area contributed by atoms with Crippen molar-refractivity contribution in [3.63, 3.8) is 0 Å². The van der Waals surface area contributed by atoms with Gasteiger partial charge in [-0.25, -0.2) is 4.79 Å². The summed E-state index contributed by atoms with van der Waals surface area (Å²) in [6.07, 6.45) is 13.5. The van der Waals surface area contributed by atoms with Crippen molar-refractivity contribution >= 4 is 5.97 Å². The number of fused-ring (bicyclic) bond motifs is 5. The highest BCUT2D eigenvalue weighted by Crippen LogP contribution is 2.66. The smallest absolute Gasteiger partial charge is 0.338 e. The predicted octanol–water partition coefficient (Wildman–Crippen LogP) is 7.37. The molecule has 4 aliphatic carbocycles. The summed E-state index contributed by atoms with van der Waals surface area (Å²) in [6, 6.07) is 9.45. The molecular formula is C29H38O2. The van der Waals surface area contributed by atoms with Crippen molar-refractivity contribution in [1.82, 2.24) is 0 Å². The van der Waals surface area contributed by atoms with E-state index in [2.05, 4.69) is 39.8 Å². The highest BCUT2D eigenvalue weighted by molar-refractivity contribution is 5.89. The van der Waals surface area contributed by atoms with Gasteiger partial charge in [-0.1, -0.05) is 62.3 Å². The van der Waals surface area contributed by atoms with Crippen LogP contribution in [0.15, 0.2) is 53.6 Å². The minimum atomic E-state index is -0.158. The Labute approximate surface area is 188 Å². The topological polar surface area (TPSA) is 26.3 Å². The lowest BCUT2D eigenvalue weighted by atomic mass is 9.49. The lowest BCUT2D eigenvalue weighted by Gasteiger charge is -2.56. The fourth-order valence-electron chi connectivity index (χ4n) is 8.20. The van der Waals surface area contributed by atoms with Crippen LogP contribution < -0.4 is 0 Å². The van der Waals surface area contributed by atoms with Gasteiger partial charge in [-0.2, -0.15) is 0 Å². The van der Waals surface area contributed by atoms with Crippen molar-refractivity contribution in [2.45, 2.75) is 78.7 Å². The van der Waals surface area contributed by atoms with Gasteiger partial charge in [0.1, 0.15) is 6.10 Å². The normalized spacial score (nSPS) is 42.9. The molecule has 2 heteroatoms. The highest BCUT2D eigenvalue weighted by Gasteiger charge is 2.57. The summed E-state index contributed by atoms with van der Waals surface area (Å²) < 4.78 is 5.97. The van der Waals surface area contributed by atoms with Crippen molar-refractivity contribution in [2.24, 2.45) is 34.5 Å². The van der Waals surface area contributed by atoms with Gasteiger partial charge in [0, 0.05) is 0 Å². The lowest BCUT2D eigenvalue weighted by Crippen LogP contribution is -2.48. The molecular weight excluding hydrogens is 380 g/mol. The molecule has 0 bridgehead atoms. The first-order valence-corrected chi connectivity index (χ1v) is 12.5. The Morgan fingerprint density at radius 2 is 1.84 bits per heavy atom. The van der Waals surface area contributed by atoms with Crippen molar-refractivity contribution in [3.8, 4) is 0 Å². The Bertz CT molecular complexity index is 912. The summed E-state index contributed by atoms with van der Waals surface area (Å²) in [7, 11) is 0. The Hall–Kier alpha value is -1.83. The molecule has 2 nitrogen and oxygen atoms in total. The van der Waals surface area contributed by atoms with E-state index in [4.69, 9.17) is 4.74 Å². The first-order valence-electron chi connectivity index (χ1n) is 12.5. The van der Waals surface area contributed by atoms with Crippen LogP contribution in [-0.2, 0) is 4.74 Å². The van der Waals surface area contributed by atoms with Gasteiger partial charge in [0.25, 0.3) is 0 Å². The second kappa shape index (κ2) is 7.64. The van der Waals surface area contributed by atoms with E-state index in [1.165, 1.54) is 25.7 Å². The number of hydrogen-bond acceptors (Lipinski definition) is 2. The van der Waals surface area contributed by atoms with Crippen LogP contribution in [0.2, 0.25) is 0 Å². The van der Waals surface area contributed by atoms with Crippen molar-refractivity contribution in [2.75, 3.05) is 0 Å². The SMILES string of the molecule is C/C=C1/C(C)C[C@H]2[C@@H]3CC[C@@H]4C[C@H](OC(=O)c5ccccc5)CC[C@]4(C)C3=CC[C@]12C. The summed E-state index contributed by atoms with van der Waals surface area (Å²) >= 11 is 0. The maximum Gasteiger partial charge on any atom is 0.338 e. The third-order valence-electron chi connectivity index (χ3n) is 9.76. The average Bonchev–Trinajstić information content (AvgIpc) is 3.04. The molecule has 3 saturated carbocycles. The largest absolute Gasteiger partial charge is 0.459 e. The zero-order valence-corrected chi connectivity index (χ0v) is 19.7. The first kappa shape index (κ1) is 21.0. The first-order chi connectivity index (χ1) is 14.9. The molecule has 0 radical (unpaired) electrons. The molecule has 1 aromatic carbocycles. The Kier molecular flexibility index (Phi) is 5.19. The molecule has 0 saturated heterocycles. The monoisotopic (exact) mass is 418 g/mol. The number of carbonyl (C=O) groups is 1. The number of benzene rings is 1. The van der Waals surface area contributed by atoms with E-state index < -0.39 is 0 Å². The summed E-state index contributed by atoms with van der Waals surface area (Å²) in [4.78, 5) is 12.6. The maximum absolute atomic E-state index is 12.6. The van der Waals surface area contributed by atoms with Crippen molar-refractivity contribution in [1.29, 1.82) is 0 Å². The zero-order chi connectivity index (χ0) is 21.8. The van der Waals surface area contributed by atoms with Crippen LogP contribution in [0.25, 0.3) is 0 Å². The van der Waals surface area contributed by atoms with Crippen molar-refractivity contribution < 1.29 is 9.53 Å². The number of allylic oxidation sites excluding steroid dienone is 4. The molecule has 0 spiro atoms. The molecule has 5 rings (SSSR count). The molecule has 0 aromatic heterocycles. The summed E-state index contributed by atoms with van der Waals surface area (Å²) in [6.45, 7) is 9.76. The van der Waals surface area contributed by atoms with Crippen LogP contribution in [0.3, 0.4) is 0 Å². The molecule has 166 valence electrons. The number of esters is 1. The highest BCUT2D eigenvalue weighted by atomic mass is 16.5. The van der Waals surface area contributed by atoms with Crippen LogP contribution in [0, 0.1) is 34.5 Å². The van der Waals surface area contributed by atoms with Crippen LogP contribution in [-0.4, -0.2) is 12.1 Å². The molecule has 4 aliphatic rings. The van der Waals surface area contributed by atoms with E-state index in [0.717, 1.165) is 37.0 Å². The zero-order valence-electron chi connectivity index (χ0n) is 19.7. The minimum Gasteiger partial charge on any atom is -0.459 e. The van der Waals surface area contributed by atoms with Crippen LogP contribution in [0.1, 0.15) is 83.0 Å². The van der Waals surface area contributed by atoms with Gasteiger partial charge in [-0.05, 0) is 98.5 Å². The molecule has 0 aliphatic heterocycles. The second-order valence-electron chi connectivity index (χ2n) is 11.2. The number of hydrogen-bond donors (Lipinski definition) is 0. The number of rotatable bonds is 2. The lowest BCUT2D eigenvalue weighted by molar-refractivity contribution is -0.0260. The van der Waals surface area contributed by atoms with Gasteiger partial charge in [0.05, 0.1) is 5.56 Å². The van der Waals surface area contributed by atoms with E-state index in [1.54, 1.807) is 11.1 Å². The van der Waals surface area contributed by atoms with E-state index >= 15 is 0 Å². The van der Waals surface area contributed by atoms with Gasteiger partial charge in [0.15, 0.2) is 0 Å². The molecule has 7 atom stereocenters. The van der Waals surface area contributed by atoms with Gasteiger partial charge >= 0.3 is 5.97 Å². The third kappa shape index (κ3) is 3.24. The Balaban J connectivity index is 1.33. The van der Waals surface area contributed by atoms with Crippen LogP contribution >= 0.6 is 0 Å². The average molecular weight is 419 g/mol. The Morgan fingerprint density at radius 1 is 1.06 bits per heavy atom. The molecule has 1 unspecified atom stereocenters. The van der Waals surface area contributed by atoms with E-state index in [1.807, 2.05) is 30.3 Å². The summed E-state index contributed by atoms with van der Waals surface area (Å²) in [5.41, 5.74) is 4.81. The minimum absolute atomic E-state index is 0.0675. The maximum atomic E-state index is 12.6. The Morgan fingerprint density at radius 3 is 2.58 bits per heavy atom. The third-order valence-corrected chi connectivity index (χ3v) is 9.76. The molecule has 0 amide bonds. The number of carbonyl (C=O) groups excluding carboxylic acids is 1.